The number of hydrogen-bond acceptors (Lipinski definition) is 4. The Morgan fingerprint density at radius 1 is 1.08 bits per heavy atom. The molecule has 1 N–H and O–H groups in total. The van der Waals surface area contributed by atoms with Crippen LogP contribution >= 0.6 is 0 Å². The Morgan fingerprint density at radius 3 is 2.50 bits per heavy atom. The second-order valence-corrected chi connectivity index (χ2v) is 8.87. The molecule has 3 aromatic rings. The quantitative estimate of drug-likeness (QED) is 0.767. The van der Waals surface area contributed by atoms with E-state index in [1.807, 2.05) is 60.7 Å². The summed E-state index contributed by atoms with van der Waals surface area (Å²) in [6, 6.07) is 18.7. The molecule has 1 aromatic heterocycles. The molecule has 1 amide bonds. The van der Waals surface area contributed by atoms with E-state index in [-0.39, 0.29) is 17.4 Å². The predicted octanol–water partition coefficient (Wildman–Crippen LogP) is 3.07. The summed E-state index contributed by atoms with van der Waals surface area (Å²) >= 11 is 0. The molecule has 2 heterocycles. The van der Waals surface area contributed by atoms with Crippen molar-refractivity contribution >= 4 is 26.7 Å². The van der Waals surface area contributed by atoms with E-state index in [4.69, 9.17) is 4.42 Å². The van der Waals surface area contributed by atoms with E-state index in [1.165, 1.54) is 0 Å². The Balaban J connectivity index is 1.66. The first-order valence-electron chi connectivity index (χ1n) is 8.56. The van der Waals surface area contributed by atoms with Crippen molar-refractivity contribution in [2.75, 3.05) is 11.5 Å². The molecule has 0 unspecified atom stereocenters. The van der Waals surface area contributed by atoms with Gasteiger partial charge in [-0.1, -0.05) is 48.5 Å². The summed E-state index contributed by atoms with van der Waals surface area (Å²) in [4.78, 5) is 12.7. The maximum absolute atomic E-state index is 12.7. The van der Waals surface area contributed by atoms with Gasteiger partial charge in [0.25, 0.3) is 0 Å². The lowest BCUT2D eigenvalue weighted by Gasteiger charge is -2.19. The molecule has 6 heteroatoms. The van der Waals surface area contributed by atoms with Crippen LogP contribution in [-0.2, 0) is 14.6 Å². The molecule has 1 aliphatic rings. The summed E-state index contributed by atoms with van der Waals surface area (Å²) < 4.78 is 29.3. The monoisotopic (exact) mass is 369 g/mol. The highest BCUT2D eigenvalue weighted by Crippen LogP contribution is 2.29. The van der Waals surface area contributed by atoms with E-state index in [1.54, 1.807) is 0 Å². The summed E-state index contributed by atoms with van der Waals surface area (Å²) in [7, 11) is -3.11. The van der Waals surface area contributed by atoms with Gasteiger partial charge in [0.05, 0.1) is 17.4 Å². The van der Waals surface area contributed by atoms with E-state index in [2.05, 4.69) is 5.32 Å². The summed E-state index contributed by atoms with van der Waals surface area (Å²) in [6.07, 6.45) is 0.371. The molecule has 0 radical (unpaired) electrons. The van der Waals surface area contributed by atoms with Crippen molar-refractivity contribution < 1.29 is 17.6 Å². The Bertz CT molecular complexity index is 1010. The maximum atomic E-state index is 12.7. The first-order chi connectivity index (χ1) is 12.5. The molecule has 1 saturated heterocycles. The van der Waals surface area contributed by atoms with Gasteiger partial charge in [0.1, 0.15) is 17.4 Å². The largest absolute Gasteiger partial charge is 0.459 e. The smallest absolute Gasteiger partial charge is 0.225 e. The minimum atomic E-state index is -3.11. The lowest BCUT2D eigenvalue weighted by molar-refractivity contribution is -0.124. The fraction of sp³-hybridized carbons (Fsp3) is 0.250. The van der Waals surface area contributed by atoms with Crippen molar-refractivity contribution in [1.82, 2.24) is 5.32 Å². The number of carbonyl (C=O) groups is 1. The molecule has 0 spiro atoms. The van der Waals surface area contributed by atoms with Crippen LogP contribution in [0.4, 0.5) is 0 Å². The van der Waals surface area contributed by atoms with Crippen molar-refractivity contribution in [3.63, 3.8) is 0 Å². The minimum Gasteiger partial charge on any atom is -0.459 e. The molecule has 0 aliphatic carbocycles. The Hall–Kier alpha value is -2.60. The molecule has 2 aromatic carbocycles. The van der Waals surface area contributed by atoms with Crippen LogP contribution in [0.25, 0.3) is 11.0 Å². The van der Waals surface area contributed by atoms with Gasteiger partial charge in [0, 0.05) is 5.39 Å². The van der Waals surface area contributed by atoms with Gasteiger partial charge in [-0.2, -0.15) is 0 Å². The van der Waals surface area contributed by atoms with Crippen molar-refractivity contribution in [2.45, 2.75) is 12.5 Å². The van der Waals surface area contributed by atoms with Gasteiger partial charge in [0.2, 0.25) is 5.91 Å². The molecule has 26 heavy (non-hydrogen) atoms. The van der Waals surface area contributed by atoms with E-state index >= 15 is 0 Å². The van der Waals surface area contributed by atoms with Gasteiger partial charge in [-0.25, -0.2) is 8.42 Å². The molecule has 134 valence electrons. The third kappa shape index (κ3) is 3.37. The average molecular weight is 369 g/mol. The van der Waals surface area contributed by atoms with Gasteiger partial charge in [-0.3, -0.25) is 4.79 Å². The van der Waals surface area contributed by atoms with E-state index in [0.717, 1.165) is 16.5 Å². The molecule has 0 bridgehead atoms. The number of nitrogens with one attached hydrogen (secondary N) is 1. The predicted molar refractivity (Wildman–Crippen MR) is 99.4 cm³/mol. The number of para-hydroxylation sites is 1. The Morgan fingerprint density at radius 2 is 1.81 bits per heavy atom. The first kappa shape index (κ1) is 16.8. The van der Waals surface area contributed by atoms with Crippen LogP contribution in [0.3, 0.4) is 0 Å². The zero-order valence-electron chi connectivity index (χ0n) is 14.1. The van der Waals surface area contributed by atoms with Crippen LogP contribution in [0.2, 0.25) is 0 Å². The average Bonchev–Trinajstić information content (AvgIpc) is 3.23. The zero-order valence-corrected chi connectivity index (χ0v) is 14.9. The van der Waals surface area contributed by atoms with Crippen molar-refractivity contribution in [3.8, 4) is 0 Å². The summed E-state index contributed by atoms with van der Waals surface area (Å²) in [6.45, 7) is 0. The number of benzene rings is 2. The van der Waals surface area contributed by atoms with Gasteiger partial charge in [-0.15, -0.1) is 0 Å². The van der Waals surface area contributed by atoms with Crippen LogP contribution in [-0.4, -0.2) is 25.8 Å². The highest BCUT2D eigenvalue weighted by Gasteiger charge is 2.34. The molecule has 0 saturated carbocycles. The van der Waals surface area contributed by atoms with Gasteiger partial charge in [-0.05, 0) is 24.1 Å². The molecular weight excluding hydrogens is 350 g/mol. The van der Waals surface area contributed by atoms with Crippen LogP contribution < -0.4 is 5.32 Å². The number of furan rings is 1. The van der Waals surface area contributed by atoms with Gasteiger partial charge >= 0.3 is 0 Å². The molecule has 1 aliphatic heterocycles. The summed E-state index contributed by atoms with van der Waals surface area (Å²) in [5.74, 6) is -0.130. The van der Waals surface area contributed by atoms with E-state index < -0.39 is 21.8 Å². The lowest BCUT2D eigenvalue weighted by atomic mass is 10.0. The zero-order chi connectivity index (χ0) is 18.1. The second-order valence-electron chi connectivity index (χ2n) is 6.64. The highest BCUT2D eigenvalue weighted by molar-refractivity contribution is 7.91. The Labute approximate surface area is 151 Å². The normalized spacial score (nSPS) is 20.1. The number of carbonyl (C=O) groups excluding carboxylic acids is 1. The van der Waals surface area contributed by atoms with Crippen LogP contribution in [0, 0.1) is 5.92 Å². The first-order valence-corrected chi connectivity index (χ1v) is 10.4. The third-order valence-corrected chi connectivity index (χ3v) is 6.52. The maximum Gasteiger partial charge on any atom is 0.225 e. The molecule has 1 fully saturated rings. The van der Waals surface area contributed by atoms with Crippen molar-refractivity contribution in [2.24, 2.45) is 5.92 Å². The number of rotatable bonds is 4. The molecule has 4 rings (SSSR count). The minimum absolute atomic E-state index is 0.0751. The van der Waals surface area contributed by atoms with E-state index in [9.17, 15) is 13.2 Å². The number of hydrogen-bond donors (Lipinski definition) is 1. The number of sulfone groups is 1. The number of amides is 1. The van der Waals surface area contributed by atoms with Gasteiger partial charge in [0.15, 0.2) is 9.84 Å². The van der Waals surface area contributed by atoms with Gasteiger partial charge < -0.3 is 9.73 Å². The Kier molecular flexibility index (Phi) is 4.28. The lowest BCUT2D eigenvalue weighted by Crippen LogP contribution is -2.35. The molecule has 5 nitrogen and oxygen atoms in total. The SMILES string of the molecule is O=C(N[C@@H](c1ccccc1)c1cc2ccccc2o1)[C@H]1CCS(=O)(=O)C1. The molecule has 2 atom stereocenters. The van der Waals surface area contributed by atoms with Crippen LogP contribution in [0.1, 0.15) is 23.8 Å². The van der Waals surface area contributed by atoms with E-state index in [0.29, 0.717) is 12.2 Å². The second kappa shape index (κ2) is 6.61. The van der Waals surface area contributed by atoms with Crippen molar-refractivity contribution in [1.29, 1.82) is 0 Å². The fourth-order valence-electron chi connectivity index (χ4n) is 3.37. The fourth-order valence-corrected chi connectivity index (χ4v) is 5.11. The standard InChI is InChI=1S/C20H19NO4S/c22-20(16-10-11-26(23,24)13-16)21-19(14-6-2-1-3-7-14)18-12-15-8-4-5-9-17(15)25-18/h1-9,12,16,19H,10-11,13H2,(H,21,22)/t16-,19-/m0/s1. The van der Waals surface area contributed by atoms with Crippen LogP contribution in [0.15, 0.2) is 65.1 Å². The summed E-state index contributed by atoms with van der Waals surface area (Å²) in [5, 5.41) is 3.95. The van der Waals surface area contributed by atoms with Crippen molar-refractivity contribution in [3.05, 3.63) is 72.0 Å². The molecular formula is C20H19NO4S. The van der Waals surface area contributed by atoms with Crippen LogP contribution in [0.5, 0.6) is 0 Å². The number of fused-ring (bicyclic) bond motifs is 1. The topological polar surface area (TPSA) is 76.4 Å². The highest BCUT2D eigenvalue weighted by atomic mass is 32.2. The summed E-state index contributed by atoms with van der Waals surface area (Å²) in [5.41, 5.74) is 1.64. The third-order valence-electron chi connectivity index (χ3n) is 4.75.